The molecular formula is C16H18N4Pt. The number of hydrogen-bond donors (Lipinski definition) is 0. The number of rotatable bonds is 1. The van der Waals surface area contributed by atoms with Crippen LogP contribution >= 0.6 is 0 Å². The van der Waals surface area contributed by atoms with Gasteiger partial charge in [-0.25, -0.2) is 0 Å². The molecule has 4 nitrogen and oxygen atoms in total. The van der Waals surface area contributed by atoms with Crippen molar-refractivity contribution < 1.29 is 21.1 Å². The van der Waals surface area contributed by atoms with Gasteiger partial charge in [0.2, 0.25) is 0 Å². The third-order valence-corrected chi connectivity index (χ3v) is 3.09. The monoisotopic (exact) mass is 461 g/mol. The molecule has 21 heavy (non-hydrogen) atoms. The van der Waals surface area contributed by atoms with Crippen LogP contribution in [0.25, 0.3) is 33.3 Å². The molecule has 0 spiro atoms. The van der Waals surface area contributed by atoms with Gasteiger partial charge in [0.25, 0.3) is 0 Å². The van der Waals surface area contributed by atoms with Crippen molar-refractivity contribution in [1.82, 2.24) is 9.97 Å². The van der Waals surface area contributed by atoms with Crippen LogP contribution in [0.3, 0.4) is 0 Å². The van der Waals surface area contributed by atoms with Crippen LogP contribution in [0.4, 0.5) is 0 Å². The summed E-state index contributed by atoms with van der Waals surface area (Å²) < 4.78 is 0. The van der Waals surface area contributed by atoms with Gasteiger partial charge in [-0.1, -0.05) is 38.1 Å². The van der Waals surface area contributed by atoms with E-state index in [0.717, 1.165) is 21.8 Å². The van der Waals surface area contributed by atoms with Crippen molar-refractivity contribution in [2.75, 3.05) is 0 Å². The fourth-order valence-corrected chi connectivity index (χ4v) is 1.68. The normalized spacial score (nSPS) is 13.0. The molecule has 0 saturated carbocycles. The van der Waals surface area contributed by atoms with E-state index < -0.39 is 0 Å². The summed E-state index contributed by atoms with van der Waals surface area (Å²) in [5, 5.41) is 2.28. The number of nitrogens with zero attached hydrogens (tertiary/aromatic N) is 2. The molecule has 2 heterocycles. The third-order valence-electron chi connectivity index (χ3n) is 3.09. The van der Waals surface area contributed by atoms with Crippen molar-refractivity contribution in [1.29, 1.82) is 0 Å². The zero-order valence-corrected chi connectivity index (χ0v) is 14.3. The van der Waals surface area contributed by atoms with Crippen LogP contribution in [0.2, 0.25) is 0 Å². The molecule has 2 atom stereocenters. The average molecular weight is 461 g/mol. The minimum absolute atomic E-state index is 0. The van der Waals surface area contributed by atoms with E-state index in [-0.39, 0.29) is 33.1 Å². The Kier molecular flexibility index (Phi) is 6.89. The van der Waals surface area contributed by atoms with E-state index in [0.29, 0.717) is 0 Å². The van der Waals surface area contributed by atoms with Gasteiger partial charge in [0.15, 0.2) is 0 Å². The second kappa shape index (κ2) is 8.18. The molecule has 0 fully saturated rings. The maximum Gasteiger partial charge on any atom is 2.00 e. The summed E-state index contributed by atoms with van der Waals surface area (Å²) >= 11 is 0. The van der Waals surface area contributed by atoms with Gasteiger partial charge in [0, 0.05) is 23.2 Å². The van der Waals surface area contributed by atoms with Gasteiger partial charge in [0.1, 0.15) is 0 Å². The molecule has 5 heteroatoms. The smallest absolute Gasteiger partial charge is 0.676 e. The van der Waals surface area contributed by atoms with E-state index in [1.165, 1.54) is 0 Å². The van der Waals surface area contributed by atoms with E-state index >= 15 is 0 Å². The zero-order valence-electron chi connectivity index (χ0n) is 12.0. The molecule has 3 aromatic rings. The van der Waals surface area contributed by atoms with E-state index in [1.54, 1.807) is 26.2 Å². The van der Waals surface area contributed by atoms with Crippen molar-refractivity contribution in [3.63, 3.8) is 0 Å². The molecule has 112 valence electrons. The molecule has 2 N–H and O–H groups in total. The summed E-state index contributed by atoms with van der Waals surface area (Å²) in [6, 6.07) is 11.7. The maximum atomic E-state index is 6.84. The van der Waals surface area contributed by atoms with Crippen molar-refractivity contribution in [2.45, 2.75) is 25.9 Å². The van der Waals surface area contributed by atoms with Crippen molar-refractivity contribution in [2.24, 2.45) is 0 Å². The summed E-state index contributed by atoms with van der Waals surface area (Å²) in [6.45, 7) is 3.44. The van der Waals surface area contributed by atoms with Gasteiger partial charge in [0.05, 0.1) is 11.0 Å². The number of hydrogen-bond acceptors (Lipinski definition) is 2. The van der Waals surface area contributed by atoms with Crippen molar-refractivity contribution >= 4 is 21.8 Å². The molecule has 2 unspecified atom stereocenters. The average Bonchev–Trinajstić information content (AvgIpc) is 2.47. The summed E-state index contributed by atoms with van der Waals surface area (Å²) in [5.74, 6) is 0. The Labute approximate surface area is 139 Å². The molecular weight excluding hydrogens is 443 g/mol. The first kappa shape index (κ1) is 17.7. The van der Waals surface area contributed by atoms with E-state index in [4.69, 9.17) is 11.5 Å². The fraction of sp³-hybridized carbons (Fsp3) is 0.250. The van der Waals surface area contributed by atoms with Gasteiger partial charge < -0.3 is 11.5 Å². The Morgan fingerprint density at radius 1 is 0.762 bits per heavy atom. The Morgan fingerprint density at radius 3 is 1.48 bits per heavy atom. The fourth-order valence-electron chi connectivity index (χ4n) is 1.68. The number of benzene rings is 1. The number of nitrogens with one attached hydrogen (secondary N) is 2. The number of pyridine rings is 2. The van der Waals surface area contributed by atoms with Gasteiger partial charge in [-0.15, -0.1) is 0 Å². The summed E-state index contributed by atoms with van der Waals surface area (Å²) in [5.41, 5.74) is 15.6. The topological polar surface area (TPSA) is 73.4 Å². The summed E-state index contributed by atoms with van der Waals surface area (Å²) in [4.78, 5) is 8.69. The van der Waals surface area contributed by atoms with E-state index in [1.807, 2.05) is 12.1 Å². The number of aromatic nitrogens is 2. The van der Waals surface area contributed by atoms with Crippen LogP contribution in [0.15, 0.2) is 48.8 Å². The van der Waals surface area contributed by atoms with Crippen molar-refractivity contribution in [3.05, 3.63) is 60.3 Å². The largest absolute Gasteiger partial charge is 2.00 e. The van der Waals surface area contributed by atoms with Crippen LogP contribution in [0, 0.1) is 0 Å². The molecule has 0 aliphatic heterocycles. The van der Waals surface area contributed by atoms with Crippen LogP contribution in [0.5, 0.6) is 0 Å². The minimum Gasteiger partial charge on any atom is -0.676 e. The molecule has 1 aromatic carbocycles. The van der Waals surface area contributed by atoms with E-state index in [2.05, 4.69) is 34.2 Å². The van der Waals surface area contributed by atoms with Gasteiger partial charge in [-0.3, -0.25) is 9.97 Å². The second-order valence-corrected chi connectivity index (χ2v) is 4.79. The maximum absolute atomic E-state index is 6.84. The quantitative estimate of drug-likeness (QED) is 0.495. The SMILES string of the molecule is CC([NH-])C(C)[NH-].[Pt+2].c1cnc2c(c1)ccc1cccnc12. The van der Waals surface area contributed by atoms with E-state index in [9.17, 15) is 0 Å². The molecule has 0 amide bonds. The molecule has 0 aliphatic carbocycles. The second-order valence-electron chi connectivity index (χ2n) is 4.79. The van der Waals surface area contributed by atoms with Crippen LogP contribution < -0.4 is 0 Å². The van der Waals surface area contributed by atoms with Gasteiger partial charge >= 0.3 is 21.1 Å². The molecule has 0 bridgehead atoms. The first-order chi connectivity index (χ1) is 9.59. The minimum atomic E-state index is -0.231. The Morgan fingerprint density at radius 2 is 1.14 bits per heavy atom. The first-order valence-electron chi connectivity index (χ1n) is 6.60. The third kappa shape index (κ3) is 4.57. The molecule has 0 aliphatic rings. The molecule has 0 saturated heterocycles. The first-order valence-corrected chi connectivity index (χ1v) is 6.60. The van der Waals surface area contributed by atoms with Crippen molar-refractivity contribution in [3.8, 4) is 0 Å². The molecule has 0 radical (unpaired) electrons. The predicted molar refractivity (Wildman–Crippen MR) is 84.6 cm³/mol. The molecule has 3 rings (SSSR count). The summed E-state index contributed by atoms with van der Waals surface area (Å²) in [7, 11) is 0. The zero-order chi connectivity index (χ0) is 14.5. The van der Waals surface area contributed by atoms with Crippen LogP contribution in [0.1, 0.15) is 13.8 Å². The number of fused-ring (bicyclic) bond motifs is 3. The van der Waals surface area contributed by atoms with Gasteiger partial charge in [-0.05, 0) is 12.1 Å². The summed E-state index contributed by atoms with van der Waals surface area (Å²) in [6.07, 6.45) is 3.60. The predicted octanol–water partition coefficient (Wildman–Crippen LogP) is 4.65. The Bertz CT molecular complexity index is 637. The van der Waals surface area contributed by atoms with Crippen LogP contribution in [-0.2, 0) is 21.1 Å². The Hall–Kier alpha value is -1.35. The Balaban J connectivity index is 0.000000275. The molecule has 2 aromatic heterocycles. The van der Waals surface area contributed by atoms with Crippen LogP contribution in [-0.4, -0.2) is 22.1 Å². The van der Waals surface area contributed by atoms with Gasteiger partial charge in [-0.2, -0.15) is 12.1 Å². The standard InChI is InChI=1S/C12H8N2.C4H10N2.Pt/c1-3-9-5-6-10-4-2-8-14-12(10)11(9)13-7-1;1-3(5)4(2)6;/h1-8H;3-6H,1-2H3;/q;-2;+2.